The lowest BCUT2D eigenvalue weighted by Crippen LogP contribution is -2.37. The summed E-state index contributed by atoms with van der Waals surface area (Å²) in [6, 6.07) is 12.1. The molecule has 0 saturated carbocycles. The number of carbonyl (C=O) groups excluding carboxylic acids is 2. The molecule has 2 N–H and O–H groups in total. The lowest BCUT2D eigenvalue weighted by molar-refractivity contribution is -0.117. The normalized spacial score (nSPS) is 17.2. The van der Waals surface area contributed by atoms with Crippen LogP contribution in [0.15, 0.2) is 53.4 Å². The van der Waals surface area contributed by atoms with E-state index in [2.05, 4.69) is 10.0 Å². The molecule has 2 aromatic rings. The molecule has 27 heavy (non-hydrogen) atoms. The van der Waals surface area contributed by atoms with Crippen LogP contribution in [0.5, 0.6) is 0 Å². The van der Waals surface area contributed by atoms with Gasteiger partial charge in [-0.2, -0.15) is 0 Å². The predicted molar refractivity (Wildman–Crippen MR) is 103 cm³/mol. The van der Waals surface area contributed by atoms with Gasteiger partial charge in [-0.05, 0) is 48.5 Å². The van der Waals surface area contributed by atoms with Crippen LogP contribution >= 0.6 is 11.6 Å². The lowest BCUT2D eigenvalue weighted by Gasteiger charge is -2.17. The van der Waals surface area contributed by atoms with Crippen LogP contribution in [-0.2, 0) is 19.6 Å². The molecule has 0 spiro atoms. The second-order valence-corrected chi connectivity index (χ2v) is 8.36. The van der Waals surface area contributed by atoms with Crippen molar-refractivity contribution in [3.05, 3.63) is 53.6 Å². The zero-order chi connectivity index (χ0) is 19.6. The average Bonchev–Trinajstić information content (AvgIpc) is 2.95. The van der Waals surface area contributed by atoms with E-state index in [9.17, 15) is 18.0 Å². The SMILES string of the molecule is CC(=O)Nc1ccc(S(=O)(=O)NC2CC(=O)N(c3ccc(Cl)cc3)C2)cc1. The van der Waals surface area contributed by atoms with Crippen molar-refractivity contribution >= 4 is 44.8 Å². The Kier molecular flexibility index (Phi) is 5.50. The maximum Gasteiger partial charge on any atom is 0.240 e. The Hall–Kier alpha value is -2.42. The van der Waals surface area contributed by atoms with Gasteiger partial charge in [-0.1, -0.05) is 11.6 Å². The van der Waals surface area contributed by atoms with Crippen molar-refractivity contribution in [3.63, 3.8) is 0 Å². The quantitative estimate of drug-likeness (QED) is 0.795. The summed E-state index contributed by atoms with van der Waals surface area (Å²) in [6.45, 7) is 1.61. The molecule has 1 aliphatic rings. The molecule has 1 fully saturated rings. The van der Waals surface area contributed by atoms with E-state index in [-0.39, 0.29) is 29.7 Å². The molecule has 0 aromatic heterocycles. The van der Waals surface area contributed by atoms with Crippen LogP contribution in [0.25, 0.3) is 0 Å². The van der Waals surface area contributed by atoms with Gasteiger partial charge in [0.1, 0.15) is 0 Å². The first-order valence-corrected chi connectivity index (χ1v) is 10.1. The van der Waals surface area contributed by atoms with Crippen LogP contribution in [0.3, 0.4) is 0 Å². The van der Waals surface area contributed by atoms with Crippen LogP contribution in [0.4, 0.5) is 11.4 Å². The van der Waals surface area contributed by atoms with Gasteiger partial charge in [0.2, 0.25) is 21.8 Å². The molecule has 9 heteroatoms. The van der Waals surface area contributed by atoms with Gasteiger partial charge in [0.15, 0.2) is 0 Å². The highest BCUT2D eigenvalue weighted by Gasteiger charge is 2.33. The summed E-state index contributed by atoms with van der Waals surface area (Å²) in [5.74, 6) is -0.401. The van der Waals surface area contributed by atoms with Gasteiger partial charge >= 0.3 is 0 Å². The number of carbonyl (C=O) groups is 2. The van der Waals surface area contributed by atoms with Gasteiger partial charge < -0.3 is 10.2 Å². The number of hydrogen-bond donors (Lipinski definition) is 2. The molecule has 0 radical (unpaired) electrons. The van der Waals surface area contributed by atoms with Gasteiger partial charge in [-0.15, -0.1) is 0 Å². The van der Waals surface area contributed by atoms with Crippen LogP contribution in [0.1, 0.15) is 13.3 Å². The summed E-state index contributed by atoms with van der Waals surface area (Å²) >= 11 is 5.86. The molecule has 142 valence electrons. The van der Waals surface area contributed by atoms with E-state index in [0.717, 1.165) is 0 Å². The lowest BCUT2D eigenvalue weighted by atomic mass is 10.3. The fourth-order valence-corrected chi connectivity index (χ4v) is 4.22. The fourth-order valence-electron chi connectivity index (χ4n) is 2.87. The van der Waals surface area contributed by atoms with E-state index in [4.69, 9.17) is 11.6 Å². The van der Waals surface area contributed by atoms with Crippen LogP contribution < -0.4 is 14.9 Å². The standard InChI is InChI=1S/C18H18ClN3O4S/c1-12(23)20-14-4-8-17(9-5-14)27(25,26)21-15-10-18(24)22(11-15)16-6-2-13(19)3-7-16/h2-9,15,21H,10-11H2,1H3,(H,20,23). The van der Waals surface area contributed by atoms with Crippen molar-refractivity contribution in [1.82, 2.24) is 4.72 Å². The summed E-state index contributed by atoms with van der Waals surface area (Å²) in [5.41, 5.74) is 1.18. The summed E-state index contributed by atoms with van der Waals surface area (Å²) in [5, 5.41) is 3.14. The number of benzene rings is 2. The molecule has 1 saturated heterocycles. The number of sulfonamides is 1. The zero-order valence-corrected chi connectivity index (χ0v) is 16.0. The highest BCUT2D eigenvalue weighted by Crippen LogP contribution is 2.24. The molecule has 0 bridgehead atoms. The van der Waals surface area contributed by atoms with Gasteiger partial charge in [0.25, 0.3) is 0 Å². The highest BCUT2D eigenvalue weighted by molar-refractivity contribution is 7.89. The average molecular weight is 408 g/mol. The monoisotopic (exact) mass is 407 g/mol. The van der Waals surface area contributed by atoms with Crippen molar-refractivity contribution in [2.24, 2.45) is 0 Å². The van der Waals surface area contributed by atoms with E-state index in [1.807, 2.05) is 0 Å². The number of nitrogens with one attached hydrogen (secondary N) is 2. The van der Waals surface area contributed by atoms with E-state index in [0.29, 0.717) is 16.4 Å². The number of hydrogen-bond acceptors (Lipinski definition) is 4. The minimum atomic E-state index is -3.79. The summed E-state index contributed by atoms with van der Waals surface area (Å²) in [7, 11) is -3.79. The molecule has 7 nitrogen and oxygen atoms in total. The predicted octanol–water partition coefficient (Wildman–Crippen LogP) is 2.38. The molecule has 1 aliphatic heterocycles. The van der Waals surface area contributed by atoms with Gasteiger partial charge in [0, 0.05) is 42.3 Å². The van der Waals surface area contributed by atoms with E-state index in [1.165, 1.54) is 36.1 Å². The molecule has 0 aliphatic carbocycles. The first-order valence-electron chi connectivity index (χ1n) is 8.20. The van der Waals surface area contributed by atoms with E-state index >= 15 is 0 Å². The maximum atomic E-state index is 12.6. The first-order chi connectivity index (χ1) is 12.7. The fraction of sp³-hybridized carbons (Fsp3) is 0.222. The Morgan fingerprint density at radius 1 is 1.11 bits per heavy atom. The Labute approximate surface area is 162 Å². The topological polar surface area (TPSA) is 95.6 Å². The van der Waals surface area contributed by atoms with Crippen LogP contribution in [-0.4, -0.2) is 32.8 Å². The second kappa shape index (κ2) is 7.67. The maximum absolute atomic E-state index is 12.6. The molecule has 1 unspecified atom stereocenters. The summed E-state index contributed by atoms with van der Waals surface area (Å²) < 4.78 is 27.7. The highest BCUT2D eigenvalue weighted by atomic mass is 35.5. The van der Waals surface area contributed by atoms with Gasteiger partial charge in [0.05, 0.1) is 4.90 Å². The zero-order valence-electron chi connectivity index (χ0n) is 14.5. The largest absolute Gasteiger partial charge is 0.326 e. The van der Waals surface area contributed by atoms with Gasteiger partial charge in [-0.25, -0.2) is 13.1 Å². The van der Waals surface area contributed by atoms with Gasteiger partial charge in [-0.3, -0.25) is 9.59 Å². The summed E-state index contributed by atoms with van der Waals surface area (Å²) in [6.07, 6.45) is 0.0752. The van der Waals surface area contributed by atoms with Crippen LogP contribution in [0.2, 0.25) is 5.02 Å². The molecule has 1 atom stereocenters. The summed E-state index contributed by atoms with van der Waals surface area (Å²) in [4.78, 5) is 24.9. The first kappa shape index (κ1) is 19.3. The van der Waals surface area contributed by atoms with Crippen molar-refractivity contribution < 1.29 is 18.0 Å². The Balaban J connectivity index is 1.70. The molecule has 2 amide bonds. The Bertz CT molecular complexity index is 959. The van der Waals surface area contributed by atoms with Crippen molar-refractivity contribution in [1.29, 1.82) is 0 Å². The Morgan fingerprint density at radius 3 is 2.33 bits per heavy atom. The van der Waals surface area contributed by atoms with Crippen molar-refractivity contribution in [3.8, 4) is 0 Å². The van der Waals surface area contributed by atoms with Crippen molar-refractivity contribution in [2.45, 2.75) is 24.3 Å². The Morgan fingerprint density at radius 2 is 1.74 bits per heavy atom. The third kappa shape index (κ3) is 4.65. The smallest absolute Gasteiger partial charge is 0.240 e. The molecule has 1 heterocycles. The number of halogens is 1. The number of anilines is 2. The third-order valence-electron chi connectivity index (χ3n) is 4.07. The molecule has 2 aromatic carbocycles. The minimum absolute atomic E-state index is 0.0639. The molecular formula is C18H18ClN3O4S. The van der Waals surface area contributed by atoms with Crippen molar-refractivity contribution in [2.75, 3.05) is 16.8 Å². The number of rotatable bonds is 5. The second-order valence-electron chi connectivity index (χ2n) is 6.21. The number of nitrogens with zero attached hydrogens (tertiary/aromatic N) is 1. The van der Waals surface area contributed by atoms with E-state index < -0.39 is 16.1 Å². The number of amides is 2. The minimum Gasteiger partial charge on any atom is -0.326 e. The third-order valence-corrected chi connectivity index (χ3v) is 5.86. The molecule has 3 rings (SSSR count). The molecular weight excluding hydrogens is 390 g/mol. The van der Waals surface area contributed by atoms with Crippen LogP contribution in [0, 0.1) is 0 Å². The van der Waals surface area contributed by atoms with E-state index in [1.54, 1.807) is 24.3 Å².